The summed E-state index contributed by atoms with van der Waals surface area (Å²) < 4.78 is 0. The fourth-order valence-electron chi connectivity index (χ4n) is 3.94. The number of hydrogen-bond acceptors (Lipinski definition) is 13. The molecule has 2 rings (SSSR count). The van der Waals surface area contributed by atoms with E-state index in [-0.39, 0.29) is 13.0 Å². The monoisotopic (exact) mass is 783 g/mol. The maximum absolute atomic E-state index is 10.4. The molecule has 0 spiro atoms. The molecular weight excluding hydrogens is 718 g/mol. The standard InChI is InChI=1S/2C9H11NO2.C7H15NO3.2C6H14N2O2/c2*10-8(9(11)12)6-7-4-2-1-3-5-7;1-2-4-8-6(3-5-9)7(10)11;2*7-4-2-1-3-5(8)6(9)10/h2*1-5,8H,6,10H2,(H,11,12);6,8-9H,2-5H2,1H3,(H,10,11);2*5H,1-4,7-8H2,(H,9,10). The van der Waals surface area contributed by atoms with Crippen LogP contribution in [0.1, 0.15) is 69.4 Å². The number of nitrogens with one attached hydrogen (secondary N) is 1. The second-order valence-corrected chi connectivity index (χ2v) is 12.1. The third kappa shape index (κ3) is 35.0. The van der Waals surface area contributed by atoms with Gasteiger partial charge in [0.15, 0.2) is 0 Å². The fraction of sp³-hybridized carbons (Fsp3) is 0.541. The number of carboxylic acids is 5. The molecule has 0 fully saturated rings. The van der Waals surface area contributed by atoms with Gasteiger partial charge in [-0.25, -0.2) is 0 Å². The molecule has 18 nitrogen and oxygen atoms in total. The number of carboxylic acid groups (broad SMARTS) is 5. The molecule has 55 heavy (non-hydrogen) atoms. The van der Waals surface area contributed by atoms with Crippen molar-refractivity contribution in [1.82, 2.24) is 5.32 Å². The van der Waals surface area contributed by atoms with Gasteiger partial charge in [-0.05, 0) is 82.1 Å². The van der Waals surface area contributed by atoms with Crippen molar-refractivity contribution in [3.8, 4) is 0 Å². The van der Waals surface area contributed by atoms with Gasteiger partial charge in [0.05, 0.1) is 0 Å². The molecular formula is C37H65N7O11. The van der Waals surface area contributed by atoms with Crippen LogP contribution in [0.25, 0.3) is 0 Å². The summed E-state index contributed by atoms with van der Waals surface area (Å²) in [6.45, 7) is 3.76. The summed E-state index contributed by atoms with van der Waals surface area (Å²) >= 11 is 0. The molecule has 0 saturated carbocycles. The maximum atomic E-state index is 10.4. The highest BCUT2D eigenvalue weighted by Crippen LogP contribution is 2.03. The van der Waals surface area contributed by atoms with E-state index >= 15 is 0 Å². The first kappa shape index (κ1) is 54.8. The number of carbonyl (C=O) groups is 5. The average molecular weight is 784 g/mol. The Labute approximate surface area is 323 Å². The van der Waals surface area contributed by atoms with Crippen molar-refractivity contribution in [3.63, 3.8) is 0 Å². The zero-order valence-corrected chi connectivity index (χ0v) is 31.7. The van der Waals surface area contributed by atoms with Gasteiger partial charge in [-0.3, -0.25) is 24.0 Å². The number of rotatable bonds is 22. The van der Waals surface area contributed by atoms with E-state index in [4.69, 9.17) is 65.0 Å². The van der Waals surface area contributed by atoms with Gasteiger partial charge in [-0.2, -0.15) is 0 Å². The highest BCUT2D eigenvalue weighted by atomic mass is 16.4. The largest absolute Gasteiger partial charge is 0.480 e. The van der Waals surface area contributed by atoms with Crippen LogP contribution in [0.5, 0.6) is 0 Å². The molecule has 0 radical (unpaired) electrons. The third-order valence-electron chi connectivity index (χ3n) is 7.16. The quantitative estimate of drug-likeness (QED) is 0.0707. The summed E-state index contributed by atoms with van der Waals surface area (Å²) in [4.78, 5) is 51.5. The molecule has 2 aromatic rings. The van der Waals surface area contributed by atoms with E-state index in [1.807, 2.05) is 67.6 Å². The van der Waals surface area contributed by atoms with Crippen molar-refractivity contribution in [2.75, 3.05) is 26.2 Å². The molecule has 0 aliphatic heterocycles. The van der Waals surface area contributed by atoms with Gasteiger partial charge in [0.25, 0.3) is 0 Å². The van der Waals surface area contributed by atoms with E-state index in [0.29, 0.717) is 45.3 Å². The molecule has 5 unspecified atom stereocenters. The molecule has 0 saturated heterocycles. The van der Waals surface area contributed by atoms with Crippen LogP contribution in [-0.2, 0) is 36.8 Å². The topological polar surface area (TPSA) is 375 Å². The van der Waals surface area contributed by atoms with Crippen LogP contribution in [0.4, 0.5) is 0 Å². The van der Waals surface area contributed by atoms with E-state index in [9.17, 15) is 24.0 Å². The number of aliphatic hydroxyl groups is 1. The lowest BCUT2D eigenvalue weighted by Crippen LogP contribution is -2.37. The van der Waals surface area contributed by atoms with Crippen LogP contribution in [0.3, 0.4) is 0 Å². The summed E-state index contributed by atoms with van der Waals surface area (Å²) in [5.74, 6) is -4.68. The van der Waals surface area contributed by atoms with Crippen LogP contribution in [0.15, 0.2) is 60.7 Å². The first-order valence-electron chi connectivity index (χ1n) is 18.0. The summed E-state index contributed by atoms with van der Waals surface area (Å²) in [6.07, 6.45) is 6.27. The number of nitrogens with two attached hydrogens (primary N) is 6. The smallest absolute Gasteiger partial charge is 0.320 e. The Kier molecular flexibility index (Phi) is 36.3. The van der Waals surface area contributed by atoms with Gasteiger partial charge in [-0.15, -0.1) is 0 Å². The highest BCUT2D eigenvalue weighted by Gasteiger charge is 2.15. The minimum Gasteiger partial charge on any atom is -0.480 e. The minimum atomic E-state index is -0.959. The zero-order chi connectivity index (χ0) is 42.6. The lowest BCUT2D eigenvalue weighted by atomic mass is 10.1. The van der Waals surface area contributed by atoms with E-state index in [2.05, 4.69) is 5.32 Å². The summed E-state index contributed by atoms with van der Waals surface area (Å²) in [5.41, 5.74) is 33.4. The average Bonchev–Trinajstić information content (AvgIpc) is 3.15. The van der Waals surface area contributed by atoms with Crippen molar-refractivity contribution in [1.29, 1.82) is 0 Å². The van der Waals surface area contributed by atoms with Gasteiger partial charge in [0.2, 0.25) is 0 Å². The Hall–Kier alpha value is -4.53. The molecule has 0 heterocycles. The van der Waals surface area contributed by atoms with E-state index in [1.54, 1.807) is 0 Å². The van der Waals surface area contributed by atoms with Crippen LogP contribution in [-0.4, -0.2) is 117 Å². The number of hydrogen-bond donors (Lipinski definition) is 13. The second kappa shape index (κ2) is 36.4. The molecule has 314 valence electrons. The SMILES string of the molecule is CCCNC(CCO)C(=O)O.NC(Cc1ccccc1)C(=O)O.NC(Cc1ccccc1)C(=O)O.NCCCCC(N)C(=O)O.NCCCCC(N)C(=O)O. The Morgan fingerprint density at radius 1 is 0.545 bits per heavy atom. The van der Waals surface area contributed by atoms with Gasteiger partial charge < -0.3 is 70.4 Å². The molecule has 0 aliphatic rings. The van der Waals surface area contributed by atoms with Crippen molar-refractivity contribution in [2.24, 2.45) is 34.4 Å². The number of aliphatic hydroxyl groups excluding tert-OH is 1. The van der Waals surface area contributed by atoms with E-state index in [0.717, 1.165) is 43.2 Å². The number of aliphatic carboxylic acids is 5. The van der Waals surface area contributed by atoms with Crippen molar-refractivity contribution in [2.45, 2.75) is 101 Å². The summed E-state index contributed by atoms with van der Waals surface area (Å²) in [7, 11) is 0. The lowest BCUT2D eigenvalue weighted by Gasteiger charge is -2.11. The van der Waals surface area contributed by atoms with Gasteiger partial charge in [-0.1, -0.05) is 80.4 Å². The van der Waals surface area contributed by atoms with Gasteiger partial charge in [0, 0.05) is 6.61 Å². The van der Waals surface area contributed by atoms with Crippen molar-refractivity contribution < 1.29 is 54.6 Å². The van der Waals surface area contributed by atoms with Crippen LogP contribution >= 0.6 is 0 Å². The number of unbranched alkanes of at least 4 members (excludes halogenated alkanes) is 2. The third-order valence-corrected chi connectivity index (χ3v) is 7.16. The normalized spacial score (nSPS) is 12.7. The van der Waals surface area contributed by atoms with E-state index in [1.165, 1.54) is 0 Å². The molecule has 0 bridgehead atoms. The molecule has 2 aromatic carbocycles. The Morgan fingerprint density at radius 3 is 1.15 bits per heavy atom. The molecule has 19 N–H and O–H groups in total. The van der Waals surface area contributed by atoms with Gasteiger partial charge >= 0.3 is 29.8 Å². The lowest BCUT2D eigenvalue weighted by molar-refractivity contribution is -0.140. The van der Waals surface area contributed by atoms with E-state index < -0.39 is 60.1 Å². The first-order valence-corrected chi connectivity index (χ1v) is 18.0. The fourth-order valence-corrected chi connectivity index (χ4v) is 3.94. The van der Waals surface area contributed by atoms with Crippen molar-refractivity contribution >= 4 is 29.8 Å². The summed E-state index contributed by atoms with van der Waals surface area (Å²) in [5, 5.41) is 53.5. The first-order chi connectivity index (χ1) is 26.0. The Bertz CT molecular complexity index is 1200. The van der Waals surface area contributed by atoms with Crippen LogP contribution in [0.2, 0.25) is 0 Å². The Morgan fingerprint density at radius 2 is 0.891 bits per heavy atom. The molecule has 0 amide bonds. The number of benzene rings is 2. The second-order valence-electron chi connectivity index (χ2n) is 12.1. The minimum absolute atomic E-state index is 0.0896. The summed E-state index contributed by atoms with van der Waals surface area (Å²) in [6, 6.07) is 15.1. The zero-order valence-electron chi connectivity index (χ0n) is 31.7. The highest BCUT2D eigenvalue weighted by molar-refractivity contribution is 5.74. The van der Waals surface area contributed by atoms with Crippen LogP contribution < -0.4 is 39.7 Å². The molecule has 0 aromatic heterocycles. The molecule has 18 heteroatoms. The molecule has 5 atom stereocenters. The molecule has 0 aliphatic carbocycles. The van der Waals surface area contributed by atoms with Crippen molar-refractivity contribution in [3.05, 3.63) is 71.8 Å². The maximum Gasteiger partial charge on any atom is 0.320 e. The predicted molar refractivity (Wildman–Crippen MR) is 210 cm³/mol. The Balaban J connectivity index is -0.000000616. The predicted octanol–water partition coefficient (Wildman–Crippen LogP) is 0.158. The van der Waals surface area contributed by atoms with Gasteiger partial charge in [0.1, 0.15) is 30.2 Å². The van der Waals surface area contributed by atoms with Crippen LogP contribution in [0, 0.1) is 0 Å².